The van der Waals surface area contributed by atoms with Gasteiger partial charge in [-0.2, -0.15) is 0 Å². The summed E-state index contributed by atoms with van der Waals surface area (Å²) in [6, 6.07) is 0. The van der Waals surface area contributed by atoms with Crippen LogP contribution >= 0.6 is 7.82 Å². The molecule has 2 heterocycles. The average molecular weight is 330 g/mol. The second kappa shape index (κ2) is 7.35. The van der Waals surface area contributed by atoms with Crippen LogP contribution in [0.25, 0.3) is 0 Å². The highest BCUT2D eigenvalue weighted by molar-refractivity contribution is 7.46. The topological polar surface area (TPSA) is 131 Å². The van der Waals surface area contributed by atoms with Crippen molar-refractivity contribution in [3.63, 3.8) is 0 Å². The number of ether oxygens (including phenoxy) is 1. The molecule has 0 saturated carbocycles. The van der Waals surface area contributed by atoms with Crippen LogP contribution in [0.3, 0.4) is 0 Å². The molecule has 2 rings (SSSR count). The third-order valence-electron chi connectivity index (χ3n) is 2.63. The third kappa shape index (κ3) is 4.80. The summed E-state index contributed by atoms with van der Waals surface area (Å²) in [5, 5.41) is 0. The molecule has 0 unspecified atom stereocenters. The van der Waals surface area contributed by atoms with Crippen LogP contribution in [0.2, 0.25) is 0 Å². The van der Waals surface area contributed by atoms with Crippen LogP contribution in [-0.2, 0) is 13.8 Å². The molecule has 0 fully saturated rings. The Morgan fingerprint density at radius 3 is 2.64 bits per heavy atom. The molecule has 22 heavy (non-hydrogen) atoms. The van der Waals surface area contributed by atoms with Gasteiger partial charge in [0.2, 0.25) is 0 Å². The van der Waals surface area contributed by atoms with E-state index in [2.05, 4.69) is 22.4 Å². The van der Waals surface area contributed by atoms with Crippen molar-refractivity contribution in [2.45, 2.75) is 19.3 Å². The summed E-state index contributed by atoms with van der Waals surface area (Å²) in [6.07, 6.45) is 11.0. The third-order valence-corrected chi connectivity index (χ3v) is 3.12. The second-order valence-electron chi connectivity index (χ2n) is 4.21. The molecule has 1 aromatic heterocycles. The molecule has 0 aromatic carbocycles. The van der Waals surface area contributed by atoms with E-state index in [0.717, 1.165) is 0 Å². The van der Waals surface area contributed by atoms with Crippen LogP contribution in [0.5, 0.6) is 0 Å². The number of phosphoric acid groups is 1. The first-order chi connectivity index (χ1) is 10.3. The summed E-state index contributed by atoms with van der Waals surface area (Å²) in [6.45, 7) is 1.20. The number of aromatic amines is 1. The Labute approximate surface area is 125 Å². The van der Waals surface area contributed by atoms with E-state index in [0.29, 0.717) is 5.56 Å². The Kier molecular flexibility index (Phi) is 6.05. The first-order valence-electron chi connectivity index (χ1n) is 5.95. The molecule has 1 aromatic rings. The van der Waals surface area contributed by atoms with E-state index in [1.165, 1.54) is 22.9 Å². The number of hydrogen-bond acceptors (Lipinski definition) is 5. The number of aryl methyl sites for hydroxylation is 1. The lowest BCUT2D eigenvalue weighted by molar-refractivity contribution is -0.0105. The maximum atomic E-state index is 11.6. The zero-order chi connectivity index (χ0) is 16.9. The number of nitrogens with one attached hydrogen (secondary N) is 1. The van der Waals surface area contributed by atoms with Gasteiger partial charge in [0.05, 0.1) is 6.61 Å². The summed E-state index contributed by atoms with van der Waals surface area (Å²) in [5.41, 5.74) is -0.766. The molecule has 0 spiro atoms. The van der Waals surface area contributed by atoms with Crippen LogP contribution in [-0.4, -0.2) is 32.0 Å². The van der Waals surface area contributed by atoms with Crippen LogP contribution in [0.4, 0.5) is 0 Å². The van der Waals surface area contributed by atoms with Gasteiger partial charge in [-0.3, -0.25) is 18.9 Å². The standard InChI is InChI=1S/C10H13N2O7P.C2H2/c1-6-4-12(10(14)11-9(6)13)8-3-2-7(19-8)5-18-20(15,16)17;1-2/h2-4,7-8H,5H2,1H3,(H,11,13,14)(H2,15,16,17);1-2H/t7-,8+;/m0./s1. The molecule has 10 heteroatoms. The Morgan fingerprint density at radius 1 is 1.41 bits per heavy atom. The Balaban J connectivity index is 0.00000116. The summed E-state index contributed by atoms with van der Waals surface area (Å²) >= 11 is 0. The van der Waals surface area contributed by atoms with E-state index in [9.17, 15) is 14.2 Å². The molecule has 0 aliphatic carbocycles. The zero-order valence-corrected chi connectivity index (χ0v) is 12.5. The van der Waals surface area contributed by atoms with Gasteiger partial charge in [-0.25, -0.2) is 9.36 Å². The number of nitrogens with zero attached hydrogens (tertiary/aromatic N) is 1. The smallest absolute Gasteiger partial charge is 0.344 e. The van der Waals surface area contributed by atoms with Crippen LogP contribution in [0.15, 0.2) is 27.9 Å². The minimum atomic E-state index is -4.56. The van der Waals surface area contributed by atoms with Gasteiger partial charge in [-0.05, 0) is 13.0 Å². The summed E-state index contributed by atoms with van der Waals surface area (Å²) < 4.78 is 21.4. The van der Waals surface area contributed by atoms with E-state index in [-0.39, 0.29) is 6.61 Å². The predicted octanol–water partition coefficient (Wildman–Crippen LogP) is -0.343. The molecule has 0 saturated heterocycles. The minimum absolute atomic E-state index is 0.339. The highest BCUT2D eigenvalue weighted by Crippen LogP contribution is 2.36. The van der Waals surface area contributed by atoms with Gasteiger partial charge in [0.15, 0.2) is 6.23 Å². The molecule has 0 radical (unpaired) electrons. The van der Waals surface area contributed by atoms with Crippen molar-refractivity contribution in [2.75, 3.05) is 6.61 Å². The molecule has 9 nitrogen and oxygen atoms in total. The van der Waals surface area contributed by atoms with Crippen molar-refractivity contribution in [3.8, 4) is 12.8 Å². The van der Waals surface area contributed by atoms with Crippen molar-refractivity contribution in [1.29, 1.82) is 0 Å². The Hall–Kier alpha value is -1.95. The lowest BCUT2D eigenvalue weighted by Crippen LogP contribution is -2.33. The van der Waals surface area contributed by atoms with Crippen LogP contribution in [0, 0.1) is 19.8 Å². The first kappa shape index (κ1) is 18.1. The molecule has 1 aliphatic rings. The summed E-state index contributed by atoms with van der Waals surface area (Å²) in [7, 11) is -4.56. The quantitative estimate of drug-likeness (QED) is 0.391. The molecule has 3 N–H and O–H groups in total. The fourth-order valence-corrected chi connectivity index (χ4v) is 2.03. The van der Waals surface area contributed by atoms with Crippen LogP contribution < -0.4 is 11.2 Å². The number of H-pyrrole nitrogens is 1. The average Bonchev–Trinajstić information content (AvgIpc) is 2.91. The summed E-state index contributed by atoms with van der Waals surface area (Å²) in [5.74, 6) is 0. The van der Waals surface area contributed by atoms with Crippen molar-refractivity contribution in [3.05, 3.63) is 44.8 Å². The number of hydrogen-bond donors (Lipinski definition) is 3. The highest BCUT2D eigenvalue weighted by Gasteiger charge is 2.25. The molecule has 120 valence electrons. The van der Waals surface area contributed by atoms with Crippen molar-refractivity contribution >= 4 is 7.82 Å². The normalized spacial score (nSPS) is 20.4. The number of phosphoric ester groups is 1. The fraction of sp³-hybridized carbons (Fsp3) is 0.333. The maximum Gasteiger partial charge on any atom is 0.469 e. The van der Waals surface area contributed by atoms with E-state index in [1.807, 2.05) is 0 Å². The minimum Gasteiger partial charge on any atom is -0.344 e. The Morgan fingerprint density at radius 2 is 2.05 bits per heavy atom. The van der Waals surface area contributed by atoms with Crippen molar-refractivity contribution < 1.29 is 23.6 Å². The molecule has 1 aliphatic heterocycles. The zero-order valence-electron chi connectivity index (χ0n) is 11.6. The van der Waals surface area contributed by atoms with E-state index in [4.69, 9.17) is 14.5 Å². The fourth-order valence-electron chi connectivity index (χ4n) is 1.69. The van der Waals surface area contributed by atoms with E-state index < -0.39 is 31.4 Å². The van der Waals surface area contributed by atoms with Gasteiger partial charge in [-0.1, -0.05) is 6.08 Å². The van der Waals surface area contributed by atoms with Crippen molar-refractivity contribution in [2.24, 2.45) is 0 Å². The van der Waals surface area contributed by atoms with Crippen molar-refractivity contribution in [1.82, 2.24) is 9.55 Å². The van der Waals surface area contributed by atoms with Gasteiger partial charge in [0.1, 0.15) is 6.10 Å². The highest BCUT2D eigenvalue weighted by atomic mass is 31.2. The van der Waals surface area contributed by atoms with Gasteiger partial charge in [0.25, 0.3) is 5.56 Å². The summed E-state index contributed by atoms with van der Waals surface area (Å²) in [4.78, 5) is 42.2. The lowest BCUT2D eigenvalue weighted by atomic mass is 10.3. The number of terminal acetylenes is 1. The van der Waals surface area contributed by atoms with Gasteiger partial charge >= 0.3 is 13.5 Å². The SMILES string of the molecule is C#C.Cc1cn([C@H]2C=C[C@@H](COP(=O)(O)O)O2)c(=O)[nH]c1=O. The van der Waals surface area contributed by atoms with Gasteiger partial charge < -0.3 is 14.5 Å². The number of aromatic nitrogens is 2. The molecular formula is C12H15N2O7P. The largest absolute Gasteiger partial charge is 0.469 e. The second-order valence-corrected chi connectivity index (χ2v) is 5.45. The predicted molar refractivity (Wildman–Crippen MR) is 77.0 cm³/mol. The van der Waals surface area contributed by atoms with Gasteiger partial charge in [0, 0.05) is 11.8 Å². The molecule has 0 amide bonds. The van der Waals surface area contributed by atoms with E-state index >= 15 is 0 Å². The lowest BCUT2D eigenvalue weighted by Gasteiger charge is -2.16. The van der Waals surface area contributed by atoms with E-state index in [1.54, 1.807) is 6.92 Å². The number of rotatable bonds is 4. The maximum absolute atomic E-state index is 11.6. The Bertz CT molecular complexity index is 727. The molecule has 2 atom stereocenters. The molecule has 0 bridgehead atoms. The first-order valence-corrected chi connectivity index (χ1v) is 7.48. The monoisotopic (exact) mass is 330 g/mol. The molecular weight excluding hydrogens is 315 g/mol. The van der Waals surface area contributed by atoms with Crippen LogP contribution in [0.1, 0.15) is 11.8 Å². The van der Waals surface area contributed by atoms with Gasteiger partial charge in [-0.15, -0.1) is 12.8 Å².